The number of hydrogen-bond acceptors (Lipinski definition) is 3. The largest absolute Gasteiger partial charge is 0.335 e. The van der Waals surface area contributed by atoms with Gasteiger partial charge in [-0.05, 0) is 32.9 Å². The van der Waals surface area contributed by atoms with E-state index in [1.807, 2.05) is 30.6 Å². The topological polar surface area (TPSA) is 56.8 Å². The highest BCUT2D eigenvalue weighted by atomic mass is 16.2. The van der Waals surface area contributed by atoms with Crippen LogP contribution < -0.4 is 0 Å². The van der Waals surface area contributed by atoms with Crippen LogP contribution in [-0.2, 0) is 0 Å². The fourth-order valence-corrected chi connectivity index (χ4v) is 2.68. The fraction of sp³-hybridized carbons (Fsp3) is 0.562. The van der Waals surface area contributed by atoms with E-state index in [0.717, 1.165) is 0 Å². The Morgan fingerprint density at radius 2 is 1.86 bits per heavy atom. The Morgan fingerprint density at radius 3 is 2.36 bits per heavy atom. The van der Waals surface area contributed by atoms with Crippen molar-refractivity contribution in [2.45, 2.75) is 26.8 Å². The van der Waals surface area contributed by atoms with Crippen LogP contribution in [-0.4, -0.2) is 70.4 Å². The van der Waals surface area contributed by atoms with Crippen LogP contribution in [0.15, 0.2) is 24.5 Å². The molecule has 120 valence electrons. The van der Waals surface area contributed by atoms with Gasteiger partial charge >= 0.3 is 6.03 Å². The number of carbonyl (C=O) groups excluding carboxylic acids is 2. The van der Waals surface area contributed by atoms with E-state index < -0.39 is 0 Å². The summed E-state index contributed by atoms with van der Waals surface area (Å²) >= 11 is 0. The van der Waals surface area contributed by atoms with Crippen LogP contribution in [0.25, 0.3) is 0 Å². The van der Waals surface area contributed by atoms with E-state index in [1.54, 1.807) is 29.4 Å². The molecule has 0 aliphatic carbocycles. The van der Waals surface area contributed by atoms with Crippen LogP contribution in [0.4, 0.5) is 4.79 Å². The number of urea groups is 1. The van der Waals surface area contributed by atoms with Crippen molar-refractivity contribution in [3.05, 3.63) is 30.1 Å². The van der Waals surface area contributed by atoms with Crippen molar-refractivity contribution in [2.24, 2.45) is 0 Å². The predicted octanol–water partition coefficient (Wildman–Crippen LogP) is 1.69. The monoisotopic (exact) mass is 304 g/mol. The van der Waals surface area contributed by atoms with Gasteiger partial charge in [0.1, 0.15) is 0 Å². The molecule has 1 fully saturated rings. The Morgan fingerprint density at radius 1 is 1.23 bits per heavy atom. The summed E-state index contributed by atoms with van der Waals surface area (Å²) in [5.41, 5.74) is 0.597. The zero-order chi connectivity index (χ0) is 16.1. The number of hydrogen-bond donors (Lipinski definition) is 0. The third-order valence-electron chi connectivity index (χ3n) is 3.96. The fourth-order valence-electron chi connectivity index (χ4n) is 2.68. The lowest BCUT2D eigenvalue weighted by Gasteiger charge is -2.38. The molecule has 1 saturated heterocycles. The zero-order valence-corrected chi connectivity index (χ0v) is 13.5. The smallest absolute Gasteiger partial charge is 0.320 e. The SMILES string of the molecule is CCN(C(=O)N1CCN(C(=O)c2cccnc2)CC1)C(C)C. The molecule has 0 atom stereocenters. The maximum absolute atomic E-state index is 12.5. The van der Waals surface area contributed by atoms with Crippen molar-refractivity contribution in [3.8, 4) is 0 Å². The molecule has 0 bridgehead atoms. The minimum Gasteiger partial charge on any atom is -0.335 e. The highest BCUT2D eigenvalue weighted by molar-refractivity contribution is 5.94. The number of pyridine rings is 1. The molecule has 6 heteroatoms. The van der Waals surface area contributed by atoms with Gasteiger partial charge in [0.25, 0.3) is 5.91 Å². The van der Waals surface area contributed by atoms with Crippen molar-refractivity contribution in [1.29, 1.82) is 0 Å². The van der Waals surface area contributed by atoms with E-state index in [9.17, 15) is 9.59 Å². The summed E-state index contributed by atoms with van der Waals surface area (Å²) in [6, 6.07) is 3.78. The Hall–Kier alpha value is -2.11. The van der Waals surface area contributed by atoms with Gasteiger partial charge in [0.15, 0.2) is 0 Å². The number of rotatable bonds is 3. The first-order valence-corrected chi connectivity index (χ1v) is 7.79. The minimum atomic E-state index is -0.0172. The summed E-state index contributed by atoms with van der Waals surface area (Å²) in [5, 5.41) is 0. The van der Waals surface area contributed by atoms with Gasteiger partial charge in [0.05, 0.1) is 5.56 Å². The second kappa shape index (κ2) is 7.24. The molecule has 22 heavy (non-hydrogen) atoms. The van der Waals surface area contributed by atoms with E-state index in [2.05, 4.69) is 4.98 Å². The molecule has 2 heterocycles. The van der Waals surface area contributed by atoms with Gasteiger partial charge in [-0.25, -0.2) is 4.79 Å². The molecule has 1 aromatic rings. The number of piperazine rings is 1. The lowest BCUT2D eigenvalue weighted by Crippen LogP contribution is -2.55. The lowest BCUT2D eigenvalue weighted by molar-refractivity contribution is 0.0630. The molecule has 3 amide bonds. The Kier molecular flexibility index (Phi) is 5.35. The normalized spacial score (nSPS) is 15.1. The summed E-state index contributed by atoms with van der Waals surface area (Å²) in [6.07, 6.45) is 3.23. The number of amides is 3. The Balaban J connectivity index is 1.93. The molecule has 0 saturated carbocycles. The molecule has 0 aromatic carbocycles. The van der Waals surface area contributed by atoms with Crippen molar-refractivity contribution in [3.63, 3.8) is 0 Å². The molecule has 6 nitrogen and oxygen atoms in total. The van der Waals surface area contributed by atoms with Gasteiger partial charge in [0, 0.05) is 51.2 Å². The van der Waals surface area contributed by atoms with Crippen molar-refractivity contribution < 1.29 is 9.59 Å². The summed E-state index contributed by atoms with van der Waals surface area (Å²) in [4.78, 5) is 34.2. The quantitative estimate of drug-likeness (QED) is 0.854. The number of aromatic nitrogens is 1. The van der Waals surface area contributed by atoms with E-state index in [0.29, 0.717) is 38.3 Å². The van der Waals surface area contributed by atoms with Gasteiger partial charge in [-0.15, -0.1) is 0 Å². The Labute approximate surface area is 131 Å². The first-order valence-electron chi connectivity index (χ1n) is 7.79. The third-order valence-corrected chi connectivity index (χ3v) is 3.96. The van der Waals surface area contributed by atoms with E-state index >= 15 is 0 Å². The third kappa shape index (κ3) is 3.55. The van der Waals surface area contributed by atoms with Crippen LogP contribution >= 0.6 is 0 Å². The molecule has 2 rings (SSSR count). The van der Waals surface area contributed by atoms with Gasteiger partial charge in [-0.3, -0.25) is 9.78 Å². The first-order chi connectivity index (χ1) is 10.5. The van der Waals surface area contributed by atoms with Gasteiger partial charge in [-0.1, -0.05) is 0 Å². The van der Waals surface area contributed by atoms with Gasteiger partial charge in [-0.2, -0.15) is 0 Å². The molecule has 0 unspecified atom stereocenters. The molecule has 0 radical (unpaired) electrons. The molecule has 1 aliphatic rings. The first kappa shape index (κ1) is 16.3. The predicted molar refractivity (Wildman–Crippen MR) is 84.6 cm³/mol. The average Bonchev–Trinajstić information content (AvgIpc) is 2.55. The summed E-state index contributed by atoms with van der Waals surface area (Å²) in [6.45, 7) is 9.00. The lowest BCUT2D eigenvalue weighted by atomic mass is 10.2. The number of nitrogens with zero attached hydrogens (tertiary/aromatic N) is 4. The maximum Gasteiger partial charge on any atom is 0.320 e. The van der Waals surface area contributed by atoms with Crippen LogP contribution in [0, 0.1) is 0 Å². The van der Waals surface area contributed by atoms with Crippen LogP contribution in [0.5, 0.6) is 0 Å². The summed E-state index contributed by atoms with van der Waals surface area (Å²) in [5.74, 6) is -0.0172. The highest BCUT2D eigenvalue weighted by Crippen LogP contribution is 2.11. The zero-order valence-electron chi connectivity index (χ0n) is 13.5. The molecule has 0 spiro atoms. The van der Waals surface area contributed by atoms with Crippen LogP contribution in [0.1, 0.15) is 31.1 Å². The van der Waals surface area contributed by atoms with Gasteiger partial charge < -0.3 is 14.7 Å². The van der Waals surface area contributed by atoms with E-state index in [1.165, 1.54) is 0 Å². The summed E-state index contributed by atoms with van der Waals surface area (Å²) in [7, 11) is 0. The van der Waals surface area contributed by atoms with Crippen molar-refractivity contribution in [2.75, 3.05) is 32.7 Å². The standard InChI is InChI=1S/C16H24N4O2/c1-4-20(13(2)3)16(22)19-10-8-18(9-11-19)15(21)14-6-5-7-17-12-14/h5-7,12-13H,4,8-11H2,1-3H3. The second-order valence-corrected chi connectivity index (χ2v) is 5.68. The molecular weight excluding hydrogens is 280 g/mol. The average molecular weight is 304 g/mol. The molecule has 0 N–H and O–H groups in total. The van der Waals surface area contributed by atoms with Gasteiger partial charge in [0.2, 0.25) is 0 Å². The highest BCUT2D eigenvalue weighted by Gasteiger charge is 2.28. The van der Waals surface area contributed by atoms with E-state index in [4.69, 9.17) is 0 Å². The van der Waals surface area contributed by atoms with Crippen molar-refractivity contribution in [1.82, 2.24) is 19.7 Å². The molecular formula is C16H24N4O2. The minimum absolute atomic E-state index is 0.0172. The molecule has 1 aromatic heterocycles. The maximum atomic E-state index is 12.5. The van der Waals surface area contributed by atoms with E-state index in [-0.39, 0.29) is 18.0 Å². The van der Waals surface area contributed by atoms with Crippen LogP contribution in [0.3, 0.4) is 0 Å². The summed E-state index contributed by atoms with van der Waals surface area (Å²) < 4.78 is 0. The molecule has 1 aliphatic heterocycles. The number of carbonyl (C=O) groups is 2. The van der Waals surface area contributed by atoms with Crippen LogP contribution in [0.2, 0.25) is 0 Å². The van der Waals surface area contributed by atoms with Crippen molar-refractivity contribution >= 4 is 11.9 Å². The second-order valence-electron chi connectivity index (χ2n) is 5.68. The Bertz CT molecular complexity index is 510.